The largest absolute Gasteiger partial charge is 0.344 e. The molecule has 2 aromatic rings. The van der Waals surface area contributed by atoms with Crippen LogP contribution in [0.2, 0.25) is 0 Å². The van der Waals surface area contributed by atoms with Gasteiger partial charge in [0.1, 0.15) is 5.82 Å². The number of aromatic nitrogens is 3. The highest BCUT2D eigenvalue weighted by Crippen LogP contribution is 2.44. The summed E-state index contributed by atoms with van der Waals surface area (Å²) in [5.74, 6) is 2.61. The van der Waals surface area contributed by atoms with Gasteiger partial charge in [-0.1, -0.05) is 0 Å². The SMILES string of the molecule is Cc1ccc(C(=O)NCc2nnc(C3CC3)n2C2CC2)s1. The molecule has 5 nitrogen and oxygen atoms in total. The second-order valence-electron chi connectivity index (χ2n) is 5.94. The molecule has 0 aromatic carbocycles. The van der Waals surface area contributed by atoms with Crippen molar-refractivity contribution in [2.75, 3.05) is 0 Å². The summed E-state index contributed by atoms with van der Waals surface area (Å²) in [6.07, 6.45) is 4.88. The Bertz CT molecular complexity index is 682. The topological polar surface area (TPSA) is 59.8 Å². The molecular weight excluding hydrogens is 284 g/mol. The Morgan fingerprint density at radius 1 is 1.33 bits per heavy atom. The fourth-order valence-corrected chi connectivity index (χ4v) is 3.40. The number of hydrogen-bond donors (Lipinski definition) is 1. The molecule has 1 N–H and O–H groups in total. The van der Waals surface area contributed by atoms with Gasteiger partial charge in [0.25, 0.3) is 5.91 Å². The minimum absolute atomic E-state index is 0.0218. The second kappa shape index (κ2) is 4.94. The number of rotatable bonds is 5. The predicted octanol–water partition coefficient (Wildman–Crippen LogP) is 2.79. The summed E-state index contributed by atoms with van der Waals surface area (Å²) in [7, 11) is 0. The molecule has 0 saturated heterocycles. The van der Waals surface area contributed by atoms with Crippen molar-refractivity contribution in [3.8, 4) is 0 Å². The standard InChI is InChI=1S/C15H18N4OS/c1-9-2-7-12(21-9)15(20)16-8-13-17-18-14(10-3-4-10)19(13)11-5-6-11/h2,7,10-11H,3-6,8H2,1H3,(H,16,20). The zero-order valence-corrected chi connectivity index (χ0v) is 12.8. The average Bonchev–Trinajstić information content (AvgIpc) is 3.40. The number of hydrogen-bond acceptors (Lipinski definition) is 4. The Balaban J connectivity index is 1.48. The molecule has 21 heavy (non-hydrogen) atoms. The molecule has 2 aliphatic carbocycles. The summed E-state index contributed by atoms with van der Waals surface area (Å²) in [5, 5.41) is 11.6. The summed E-state index contributed by atoms with van der Waals surface area (Å²) >= 11 is 1.52. The van der Waals surface area contributed by atoms with Gasteiger partial charge in [0.05, 0.1) is 11.4 Å². The molecule has 1 amide bonds. The van der Waals surface area contributed by atoms with Crippen LogP contribution in [0.1, 0.15) is 63.8 Å². The lowest BCUT2D eigenvalue weighted by Crippen LogP contribution is -2.24. The third kappa shape index (κ3) is 2.60. The Labute approximate surface area is 127 Å². The number of aryl methyl sites for hydroxylation is 1. The number of amides is 1. The van der Waals surface area contributed by atoms with E-state index in [4.69, 9.17) is 0 Å². The van der Waals surface area contributed by atoms with E-state index in [1.165, 1.54) is 37.0 Å². The molecular formula is C15H18N4OS. The molecule has 0 radical (unpaired) electrons. The maximum atomic E-state index is 12.1. The van der Waals surface area contributed by atoms with E-state index in [0.29, 0.717) is 18.5 Å². The maximum absolute atomic E-state index is 12.1. The number of nitrogens with zero attached hydrogens (tertiary/aromatic N) is 3. The average molecular weight is 302 g/mol. The Morgan fingerprint density at radius 3 is 2.76 bits per heavy atom. The molecule has 0 bridgehead atoms. The van der Waals surface area contributed by atoms with E-state index in [9.17, 15) is 4.79 Å². The Hall–Kier alpha value is -1.69. The molecule has 0 atom stereocenters. The Kier molecular flexibility index (Phi) is 3.06. The highest BCUT2D eigenvalue weighted by molar-refractivity contribution is 7.13. The van der Waals surface area contributed by atoms with Crippen LogP contribution in [0.15, 0.2) is 12.1 Å². The first kappa shape index (κ1) is 13.0. The molecule has 6 heteroatoms. The molecule has 2 saturated carbocycles. The van der Waals surface area contributed by atoms with Crippen molar-refractivity contribution in [1.29, 1.82) is 0 Å². The molecule has 0 spiro atoms. The van der Waals surface area contributed by atoms with Crippen molar-refractivity contribution in [1.82, 2.24) is 20.1 Å². The number of thiophene rings is 1. The second-order valence-corrected chi connectivity index (χ2v) is 7.23. The van der Waals surface area contributed by atoms with Crippen LogP contribution < -0.4 is 5.32 Å². The lowest BCUT2D eigenvalue weighted by atomic mass is 10.3. The van der Waals surface area contributed by atoms with E-state index in [-0.39, 0.29) is 5.91 Å². The van der Waals surface area contributed by atoms with Crippen molar-refractivity contribution in [3.05, 3.63) is 33.5 Å². The van der Waals surface area contributed by atoms with E-state index < -0.39 is 0 Å². The first-order chi connectivity index (χ1) is 10.2. The fourth-order valence-electron chi connectivity index (χ4n) is 2.61. The number of carbonyl (C=O) groups is 1. The van der Waals surface area contributed by atoms with Gasteiger partial charge in [-0.3, -0.25) is 4.79 Å². The van der Waals surface area contributed by atoms with Crippen LogP contribution in [0.3, 0.4) is 0 Å². The summed E-state index contributed by atoms with van der Waals surface area (Å²) < 4.78 is 2.28. The van der Waals surface area contributed by atoms with Gasteiger partial charge in [-0.15, -0.1) is 21.5 Å². The first-order valence-corrected chi connectivity index (χ1v) is 8.32. The van der Waals surface area contributed by atoms with Crippen LogP contribution in [0, 0.1) is 6.92 Å². The summed E-state index contributed by atoms with van der Waals surface area (Å²) in [6.45, 7) is 2.47. The van der Waals surface area contributed by atoms with Crippen LogP contribution >= 0.6 is 11.3 Å². The van der Waals surface area contributed by atoms with Crippen LogP contribution in [0.4, 0.5) is 0 Å². The van der Waals surface area contributed by atoms with Crippen molar-refractivity contribution in [2.45, 2.75) is 51.1 Å². The maximum Gasteiger partial charge on any atom is 0.261 e. The van der Waals surface area contributed by atoms with Gasteiger partial charge in [0, 0.05) is 16.8 Å². The van der Waals surface area contributed by atoms with Crippen LogP contribution in [0.25, 0.3) is 0 Å². The third-order valence-electron chi connectivity index (χ3n) is 4.02. The lowest BCUT2D eigenvalue weighted by molar-refractivity contribution is 0.0953. The van der Waals surface area contributed by atoms with E-state index in [1.54, 1.807) is 0 Å². The number of carbonyl (C=O) groups excluding carboxylic acids is 1. The van der Waals surface area contributed by atoms with Gasteiger partial charge in [-0.2, -0.15) is 0 Å². The molecule has 4 rings (SSSR count). The van der Waals surface area contributed by atoms with Crippen LogP contribution in [-0.2, 0) is 6.54 Å². The molecule has 2 fully saturated rings. The van der Waals surface area contributed by atoms with Crippen LogP contribution in [-0.4, -0.2) is 20.7 Å². The Morgan fingerprint density at radius 2 is 2.14 bits per heavy atom. The van der Waals surface area contributed by atoms with Gasteiger partial charge in [0.15, 0.2) is 5.82 Å². The normalized spacial score (nSPS) is 18.0. The molecule has 2 aliphatic rings. The highest BCUT2D eigenvalue weighted by atomic mass is 32.1. The fraction of sp³-hybridized carbons (Fsp3) is 0.533. The molecule has 2 aromatic heterocycles. The molecule has 2 heterocycles. The third-order valence-corrected chi connectivity index (χ3v) is 5.02. The molecule has 110 valence electrons. The van der Waals surface area contributed by atoms with E-state index in [1.807, 2.05) is 19.1 Å². The summed E-state index contributed by atoms with van der Waals surface area (Å²) in [6, 6.07) is 4.40. The zero-order chi connectivity index (χ0) is 14.4. The van der Waals surface area contributed by atoms with Gasteiger partial charge in [-0.05, 0) is 44.7 Å². The van der Waals surface area contributed by atoms with Crippen molar-refractivity contribution in [3.63, 3.8) is 0 Å². The van der Waals surface area contributed by atoms with Gasteiger partial charge in [-0.25, -0.2) is 0 Å². The smallest absolute Gasteiger partial charge is 0.261 e. The van der Waals surface area contributed by atoms with Crippen LogP contribution in [0.5, 0.6) is 0 Å². The van der Waals surface area contributed by atoms with E-state index in [0.717, 1.165) is 21.4 Å². The van der Waals surface area contributed by atoms with Gasteiger partial charge in [0.2, 0.25) is 0 Å². The molecule has 0 unspecified atom stereocenters. The van der Waals surface area contributed by atoms with E-state index >= 15 is 0 Å². The summed E-state index contributed by atoms with van der Waals surface area (Å²) in [5.41, 5.74) is 0. The van der Waals surface area contributed by atoms with Crippen molar-refractivity contribution in [2.24, 2.45) is 0 Å². The first-order valence-electron chi connectivity index (χ1n) is 7.50. The number of nitrogens with one attached hydrogen (secondary N) is 1. The summed E-state index contributed by atoms with van der Waals surface area (Å²) in [4.78, 5) is 14.0. The quantitative estimate of drug-likeness (QED) is 0.924. The monoisotopic (exact) mass is 302 g/mol. The lowest BCUT2D eigenvalue weighted by Gasteiger charge is -2.09. The zero-order valence-electron chi connectivity index (χ0n) is 12.0. The minimum atomic E-state index is -0.0218. The highest BCUT2D eigenvalue weighted by Gasteiger charge is 2.36. The predicted molar refractivity (Wildman–Crippen MR) is 80.5 cm³/mol. The minimum Gasteiger partial charge on any atom is -0.344 e. The molecule has 0 aliphatic heterocycles. The van der Waals surface area contributed by atoms with Gasteiger partial charge >= 0.3 is 0 Å². The van der Waals surface area contributed by atoms with E-state index in [2.05, 4.69) is 20.1 Å². The van der Waals surface area contributed by atoms with Crippen molar-refractivity contribution >= 4 is 17.2 Å². The van der Waals surface area contributed by atoms with Gasteiger partial charge < -0.3 is 9.88 Å². The van der Waals surface area contributed by atoms with Crippen molar-refractivity contribution < 1.29 is 4.79 Å².